The number of urea groups is 2. The van der Waals surface area contributed by atoms with Gasteiger partial charge in [-0.1, -0.05) is 71.9 Å². The Bertz CT molecular complexity index is 7200. The molecule has 38 heteroatoms. The smallest absolute Gasteiger partial charge is 0.323 e. The molecule has 10 aliphatic rings. The fraction of sp³-hybridized carbons (Fsp3) is 0.299. The number of methoxy groups -OCH3 is 6. The number of nitrogens with zero attached hydrogens (tertiary/aromatic N) is 11. The Labute approximate surface area is 833 Å². The van der Waals surface area contributed by atoms with Crippen LogP contribution in [0.4, 0.5) is 26.8 Å². The summed E-state index contributed by atoms with van der Waals surface area (Å²) in [6.07, 6.45) is 9.52. The van der Waals surface area contributed by atoms with E-state index in [1.54, 1.807) is 103 Å². The molecule has 6 aromatic carbocycles. The molecule has 0 spiro atoms. The molecule has 10 aliphatic heterocycles. The van der Waals surface area contributed by atoms with Crippen LogP contribution in [0.2, 0.25) is 0 Å². The number of rotatable bonds is 21. The average molecular weight is 1960 g/mol. The van der Waals surface area contributed by atoms with Gasteiger partial charge in [-0.3, -0.25) is 79.0 Å². The number of aromatic amines is 1. The van der Waals surface area contributed by atoms with E-state index in [9.17, 15) is 62.3 Å². The number of ether oxygens (including phenoxy) is 6. The molecule has 9 N–H and O–H groups in total. The second kappa shape index (κ2) is 42.6. The predicted octanol–water partition coefficient (Wildman–Crippen LogP) is 5.73. The molecular weight excluding hydrogens is 1860 g/mol. The lowest BCUT2D eigenvalue weighted by atomic mass is 9.85. The highest BCUT2D eigenvalue weighted by Gasteiger charge is 2.53. The number of carbonyl (C=O) groups excluding carboxylic acids is 12. The molecule has 4 atom stereocenters. The van der Waals surface area contributed by atoms with E-state index in [4.69, 9.17) is 39.1 Å². The van der Waals surface area contributed by atoms with Gasteiger partial charge in [-0.2, -0.15) is 0 Å². The number of aromatic nitrogens is 5. The molecule has 6 saturated heterocycles. The molecular formula is C107H101N19O19. The minimum absolute atomic E-state index is 0.0403. The number of carbonyl (C=O) groups is 12. The summed E-state index contributed by atoms with van der Waals surface area (Å²) in [5.41, 5.74) is 10.7. The van der Waals surface area contributed by atoms with Crippen molar-refractivity contribution in [2.24, 2.45) is 16.6 Å². The van der Waals surface area contributed by atoms with Gasteiger partial charge in [-0.05, 0) is 193 Å². The lowest BCUT2D eigenvalue weighted by Gasteiger charge is -2.36. The van der Waals surface area contributed by atoms with Crippen LogP contribution in [0.3, 0.4) is 0 Å². The van der Waals surface area contributed by atoms with Gasteiger partial charge in [-0.15, -0.1) is 0 Å². The SMILES string of the molecule is COc1ccc2c(c1)C(=O)N(C[C@@]1(C#Cc3ccc(CCN)cc3)CC(=O)NC1=O)C2.COc1ccc2c(c1)C(=O)N(C[C@@]1(C#Cc3ccc(N4CCCCC4)cc3)CC(=O)NC1=O)C2.COc1ccc2c(c1)C(=O)N(C[C@@]1(C#Cc3nc(Cc4nccc(=O)[nH]4)ccc3OC)NC(=O)NC1=O)C2.COc1ccc2c(c1)C(=O)N(C[C@@]1(C#Cc3nc(N4CCN(c5ccncc5)CC4)ccc3OC)NC(=O)NC1=O)C2. The van der Waals surface area contributed by atoms with E-state index in [1.165, 1.54) is 75.5 Å². The van der Waals surface area contributed by atoms with Crippen molar-refractivity contribution >= 4 is 88.3 Å². The second-order valence-electron chi connectivity index (χ2n) is 35.8. The van der Waals surface area contributed by atoms with Gasteiger partial charge in [0.25, 0.3) is 41.0 Å². The number of hydrogen-bond donors (Lipinski definition) is 8. The molecule has 6 fully saturated rings. The van der Waals surface area contributed by atoms with Crippen LogP contribution in [0.5, 0.6) is 34.5 Å². The van der Waals surface area contributed by atoms with Crippen LogP contribution < -0.4 is 86.3 Å². The van der Waals surface area contributed by atoms with Gasteiger partial charge in [0, 0.05) is 160 Å². The first-order valence-corrected chi connectivity index (χ1v) is 46.7. The minimum atomic E-state index is -1.71. The number of nitrogens with one attached hydrogen (secondary N) is 7. The number of piperidine rings is 1. The van der Waals surface area contributed by atoms with E-state index >= 15 is 0 Å². The summed E-state index contributed by atoms with van der Waals surface area (Å²) in [5, 5.41) is 14.4. The molecule has 0 saturated carbocycles. The van der Waals surface area contributed by atoms with E-state index in [0.717, 1.165) is 96.1 Å². The van der Waals surface area contributed by atoms with Crippen LogP contribution >= 0.6 is 0 Å². The molecule has 0 aliphatic carbocycles. The topological polar surface area (TPSA) is 466 Å². The lowest BCUT2D eigenvalue weighted by Crippen LogP contribution is -2.54. The van der Waals surface area contributed by atoms with E-state index in [2.05, 4.69) is 126 Å². The van der Waals surface area contributed by atoms with E-state index < -0.39 is 57.6 Å². The van der Waals surface area contributed by atoms with Crippen LogP contribution in [0, 0.1) is 58.2 Å². The van der Waals surface area contributed by atoms with E-state index in [1.807, 2.05) is 78.9 Å². The molecule has 0 bridgehead atoms. The van der Waals surface area contributed by atoms with Crippen LogP contribution in [-0.2, 0) is 67.8 Å². The number of fused-ring (bicyclic) bond motifs is 4. The summed E-state index contributed by atoms with van der Waals surface area (Å²) in [7, 11) is 9.10. The number of nitrogens with two attached hydrogens (primary N) is 1. The number of anilines is 3. The van der Waals surface area contributed by atoms with Gasteiger partial charge >= 0.3 is 12.1 Å². The number of amides is 14. The Balaban J connectivity index is 0.000000133. The first-order valence-electron chi connectivity index (χ1n) is 46.7. The summed E-state index contributed by atoms with van der Waals surface area (Å²) in [4.78, 5) is 197. The van der Waals surface area contributed by atoms with Crippen LogP contribution in [0.25, 0.3) is 0 Å². The highest BCUT2D eigenvalue weighted by atomic mass is 16.5. The fourth-order valence-electron chi connectivity index (χ4n) is 18.6. The Hall–Kier alpha value is -17.9. The summed E-state index contributed by atoms with van der Waals surface area (Å²) in [6.45, 7) is 6.81. The van der Waals surface area contributed by atoms with Crippen molar-refractivity contribution in [3.05, 3.63) is 277 Å². The summed E-state index contributed by atoms with van der Waals surface area (Å²) in [6, 6.07) is 47.7. The molecule has 145 heavy (non-hydrogen) atoms. The summed E-state index contributed by atoms with van der Waals surface area (Å²) >= 11 is 0. The largest absolute Gasteiger partial charge is 0.497 e. The minimum Gasteiger partial charge on any atom is -0.497 e. The number of hydrogen-bond acceptors (Lipinski definition) is 27. The highest BCUT2D eigenvalue weighted by molar-refractivity contribution is 6.13. The van der Waals surface area contributed by atoms with Gasteiger partial charge in [0.05, 0.1) is 68.6 Å². The second-order valence-corrected chi connectivity index (χ2v) is 35.8. The average Bonchev–Trinajstić information content (AvgIpc) is 1.63. The van der Waals surface area contributed by atoms with Crippen LogP contribution in [0.15, 0.2) is 187 Å². The van der Waals surface area contributed by atoms with Crippen molar-refractivity contribution in [3.63, 3.8) is 0 Å². The number of pyridine rings is 3. The van der Waals surface area contributed by atoms with Crippen molar-refractivity contribution in [2.45, 2.75) is 82.2 Å². The quantitative estimate of drug-likeness (QED) is 0.0242. The Morgan fingerprint density at radius 1 is 0.386 bits per heavy atom. The van der Waals surface area contributed by atoms with Crippen molar-refractivity contribution < 1.29 is 86.0 Å². The number of piperazine rings is 1. The molecule has 4 aromatic heterocycles. The fourth-order valence-corrected chi connectivity index (χ4v) is 18.6. The van der Waals surface area contributed by atoms with Gasteiger partial charge in [0.2, 0.25) is 34.7 Å². The number of imide groups is 4. The number of H-pyrrole nitrogens is 1. The maximum atomic E-state index is 13.2. The molecule has 10 aromatic rings. The van der Waals surface area contributed by atoms with Gasteiger partial charge in [0.1, 0.15) is 45.5 Å². The summed E-state index contributed by atoms with van der Waals surface area (Å²) in [5.74, 6) is 24.0. The standard InChI is InChI=1S/C30H29N7O5.C27H27N3O4.C26H22N6O6.C24H23N3O4/c1-41-22-4-3-20-18-37(27(38)23(20)17-22)19-30(28(39)33-29(40)34-30)10-7-24-25(42-2)5-6-26(32-24)36-15-13-35(14-16-36)21-8-11-31-12-9-21;1-34-22-10-7-20-17-30(25(32)23(20)15-22)18-27(16-24(31)28-26(27)33)12-11-19-5-8-21(9-6-19)29-13-3-2-4-14-29;1-37-17-5-3-15-13-32(23(34)18(15)12-17)14-26(24(35)30-25(36)31-26)9-7-19-20(38-2)6-4-16(28-19)11-21-27-10-8-22(33)29-21;1-31-19-7-6-18-14-27(22(29)20(18)12-19)15-24(13-21(28)26-23(24)30)10-8-16-2-4-17(5-3-16)9-11-25/h3-6,8-9,11-12,17H,13-16,18-19H2,1-2H3,(H2,33,34,39,40);5-10,15H,2-4,13-14,16-18H2,1H3,(H,28,31,33);3-6,8,10,12H,11,13-14H2,1-2H3,(H,27,29,33)(H2,30,31,35,36);2-7,12H,9,11,13-15,25H2,1H3,(H,26,28,30)/t30-;27-;26-;24-/m1111/s1. The van der Waals surface area contributed by atoms with Crippen LogP contribution in [0.1, 0.15) is 135 Å². The summed E-state index contributed by atoms with van der Waals surface area (Å²) < 4.78 is 31.8. The molecule has 38 nitrogen and oxygen atoms in total. The van der Waals surface area contributed by atoms with Gasteiger partial charge in [0.15, 0.2) is 22.9 Å². The first-order chi connectivity index (χ1) is 70.1. The monoisotopic (exact) mass is 1960 g/mol. The molecule has 20 rings (SSSR count). The normalized spacial score (nSPS) is 19.6. The van der Waals surface area contributed by atoms with Gasteiger partial charge < -0.3 is 84.1 Å². The predicted molar refractivity (Wildman–Crippen MR) is 527 cm³/mol. The van der Waals surface area contributed by atoms with E-state index in [-0.39, 0.29) is 105 Å². The molecule has 14 amide bonds. The maximum absolute atomic E-state index is 13.2. The van der Waals surface area contributed by atoms with Crippen molar-refractivity contribution in [1.29, 1.82) is 0 Å². The number of benzene rings is 6. The highest BCUT2D eigenvalue weighted by Crippen LogP contribution is 2.39. The Morgan fingerprint density at radius 2 is 0.800 bits per heavy atom. The van der Waals surface area contributed by atoms with Crippen LogP contribution in [-0.4, -0.2) is 241 Å². The van der Waals surface area contributed by atoms with Crippen molar-refractivity contribution in [3.8, 4) is 81.9 Å². The third-order valence-electron chi connectivity index (χ3n) is 26.3. The van der Waals surface area contributed by atoms with Crippen molar-refractivity contribution in [1.82, 2.24) is 76.4 Å². The zero-order valence-electron chi connectivity index (χ0n) is 80.1. The van der Waals surface area contributed by atoms with Crippen molar-refractivity contribution in [2.75, 3.05) is 129 Å². The third-order valence-corrected chi connectivity index (χ3v) is 26.3. The third kappa shape index (κ3) is 21.7. The lowest BCUT2D eigenvalue weighted by molar-refractivity contribution is -0.128. The molecule has 738 valence electrons. The zero-order chi connectivity index (χ0) is 102. The first kappa shape index (κ1) is 98.7. The Kier molecular flexibility index (Phi) is 29.0. The molecule has 0 radical (unpaired) electrons. The Morgan fingerprint density at radius 3 is 1.21 bits per heavy atom. The molecule has 14 heterocycles. The maximum Gasteiger partial charge on any atom is 0.323 e. The van der Waals surface area contributed by atoms with Gasteiger partial charge in [-0.25, -0.2) is 24.5 Å². The molecule has 0 unspecified atom stereocenters. The van der Waals surface area contributed by atoms with E-state index in [0.29, 0.717) is 93.6 Å². The zero-order valence-corrected chi connectivity index (χ0v) is 80.1.